The average molecular weight is 364 g/mol. The van der Waals surface area contributed by atoms with Crippen molar-refractivity contribution in [1.29, 1.82) is 0 Å². The van der Waals surface area contributed by atoms with Crippen molar-refractivity contribution < 1.29 is 9.47 Å². The summed E-state index contributed by atoms with van der Waals surface area (Å²) in [6, 6.07) is 5.31. The second kappa shape index (κ2) is 5.94. The lowest BCUT2D eigenvalue weighted by molar-refractivity contribution is 0.404. The summed E-state index contributed by atoms with van der Waals surface area (Å²) in [6.45, 7) is 0. The molecule has 0 aliphatic heterocycles. The number of halogens is 3. The Bertz CT molecular complexity index is 600. The summed E-state index contributed by atoms with van der Waals surface area (Å²) in [4.78, 5) is 8.35. The molecule has 0 amide bonds. The Morgan fingerprint density at radius 1 is 1.05 bits per heavy atom. The third-order valence-electron chi connectivity index (χ3n) is 2.42. The molecule has 0 bridgehead atoms. The molecule has 1 heterocycles. The van der Waals surface area contributed by atoms with Gasteiger partial charge in [0.2, 0.25) is 0 Å². The van der Waals surface area contributed by atoms with E-state index in [1.54, 1.807) is 32.4 Å². The molecule has 2 aromatic rings. The van der Waals surface area contributed by atoms with Crippen molar-refractivity contribution >= 4 is 39.1 Å². The van der Waals surface area contributed by atoms with E-state index in [4.69, 9.17) is 32.7 Å². The molecule has 1 aromatic heterocycles. The summed E-state index contributed by atoms with van der Waals surface area (Å²) in [5.41, 5.74) is 0.651. The Kier molecular flexibility index (Phi) is 4.50. The number of aromatic nitrogens is 2. The van der Waals surface area contributed by atoms with Crippen LogP contribution < -0.4 is 9.47 Å². The van der Waals surface area contributed by atoms with E-state index >= 15 is 0 Å². The molecular formula is C12H9BrCl2N2O2. The normalized spacial score (nSPS) is 10.4. The molecule has 19 heavy (non-hydrogen) atoms. The summed E-state index contributed by atoms with van der Waals surface area (Å²) >= 11 is 15.2. The molecule has 0 saturated heterocycles. The minimum absolute atomic E-state index is 0.236. The molecule has 0 fully saturated rings. The number of ether oxygens (including phenoxy) is 2. The van der Waals surface area contributed by atoms with Crippen LogP contribution in [0.1, 0.15) is 0 Å². The monoisotopic (exact) mass is 362 g/mol. The van der Waals surface area contributed by atoms with Gasteiger partial charge in [0.25, 0.3) is 0 Å². The van der Waals surface area contributed by atoms with Crippen LogP contribution in [0.25, 0.3) is 11.4 Å². The largest absolute Gasteiger partial charge is 0.497 e. The van der Waals surface area contributed by atoms with E-state index in [-0.39, 0.29) is 10.3 Å². The first-order valence-corrected chi connectivity index (χ1v) is 6.72. The van der Waals surface area contributed by atoms with Crippen molar-refractivity contribution in [2.24, 2.45) is 0 Å². The molecule has 7 heteroatoms. The predicted molar refractivity (Wildman–Crippen MR) is 78.3 cm³/mol. The number of methoxy groups -OCH3 is 2. The average Bonchev–Trinajstić information content (AvgIpc) is 2.43. The molecule has 0 unspecified atom stereocenters. The van der Waals surface area contributed by atoms with Crippen molar-refractivity contribution in [2.45, 2.75) is 0 Å². The van der Waals surface area contributed by atoms with Crippen molar-refractivity contribution in [3.8, 4) is 22.9 Å². The molecule has 4 nitrogen and oxygen atoms in total. The number of hydrogen-bond donors (Lipinski definition) is 0. The first-order chi connectivity index (χ1) is 9.06. The van der Waals surface area contributed by atoms with Crippen LogP contribution in [-0.4, -0.2) is 24.2 Å². The molecule has 100 valence electrons. The van der Waals surface area contributed by atoms with E-state index in [2.05, 4.69) is 25.9 Å². The fourth-order valence-electron chi connectivity index (χ4n) is 1.50. The highest BCUT2D eigenvalue weighted by molar-refractivity contribution is 9.10. The van der Waals surface area contributed by atoms with Gasteiger partial charge in [0.15, 0.2) is 5.82 Å². The van der Waals surface area contributed by atoms with Gasteiger partial charge in [0, 0.05) is 0 Å². The summed E-state index contributed by atoms with van der Waals surface area (Å²) < 4.78 is 10.9. The lowest BCUT2D eigenvalue weighted by atomic mass is 10.1. The van der Waals surface area contributed by atoms with Gasteiger partial charge >= 0.3 is 0 Å². The quantitative estimate of drug-likeness (QED) is 0.765. The van der Waals surface area contributed by atoms with Gasteiger partial charge in [0.05, 0.1) is 24.3 Å². The smallest absolute Gasteiger partial charge is 0.166 e. The van der Waals surface area contributed by atoms with E-state index in [0.717, 1.165) is 0 Å². The van der Waals surface area contributed by atoms with E-state index in [1.165, 1.54) is 0 Å². The molecule has 0 spiro atoms. The van der Waals surface area contributed by atoms with Gasteiger partial charge in [0.1, 0.15) is 21.8 Å². The minimum atomic E-state index is 0.236. The summed E-state index contributed by atoms with van der Waals surface area (Å²) in [5.74, 6) is 1.64. The zero-order chi connectivity index (χ0) is 14.0. The van der Waals surface area contributed by atoms with Crippen LogP contribution in [0, 0.1) is 0 Å². The predicted octanol–water partition coefficient (Wildman–Crippen LogP) is 4.23. The van der Waals surface area contributed by atoms with Crippen molar-refractivity contribution in [2.75, 3.05) is 14.2 Å². The van der Waals surface area contributed by atoms with Crippen molar-refractivity contribution in [3.05, 3.63) is 33.0 Å². The van der Waals surface area contributed by atoms with Gasteiger partial charge < -0.3 is 9.47 Å². The third kappa shape index (κ3) is 2.94. The molecule has 0 radical (unpaired) electrons. The molecule has 0 aliphatic carbocycles. The van der Waals surface area contributed by atoms with Gasteiger partial charge in [-0.25, -0.2) is 9.97 Å². The lowest BCUT2D eigenvalue weighted by Crippen LogP contribution is -1.96. The fourth-order valence-corrected chi connectivity index (χ4v) is 2.07. The van der Waals surface area contributed by atoms with E-state index in [1.807, 2.05) is 0 Å². The number of nitrogens with zero attached hydrogens (tertiary/aromatic N) is 2. The molecule has 2 rings (SSSR count). The van der Waals surface area contributed by atoms with Crippen molar-refractivity contribution in [1.82, 2.24) is 9.97 Å². The van der Waals surface area contributed by atoms with Crippen LogP contribution in [-0.2, 0) is 0 Å². The number of benzene rings is 1. The number of rotatable bonds is 3. The van der Waals surface area contributed by atoms with E-state index in [9.17, 15) is 0 Å². The van der Waals surface area contributed by atoms with Gasteiger partial charge in [-0.3, -0.25) is 0 Å². The Hall–Kier alpha value is -1.04. The summed E-state index contributed by atoms with van der Waals surface area (Å²) in [6.07, 6.45) is 0. The van der Waals surface area contributed by atoms with E-state index < -0.39 is 0 Å². The maximum atomic E-state index is 5.98. The Morgan fingerprint density at radius 3 is 2.21 bits per heavy atom. The van der Waals surface area contributed by atoms with Crippen LogP contribution in [0.2, 0.25) is 10.3 Å². The maximum Gasteiger partial charge on any atom is 0.166 e. The standard InChI is InChI=1S/C12H9BrCl2N2O2/c1-18-6-3-4-8(19-2)7(5-6)12-16-10(14)9(13)11(15)17-12/h3-5H,1-2H3. The topological polar surface area (TPSA) is 44.2 Å². The van der Waals surface area contributed by atoms with Gasteiger partial charge in [-0.2, -0.15) is 0 Å². The zero-order valence-electron chi connectivity index (χ0n) is 10.1. The third-order valence-corrected chi connectivity index (χ3v) is 4.17. The Balaban J connectivity index is 2.63. The van der Waals surface area contributed by atoms with Crippen LogP contribution in [0.4, 0.5) is 0 Å². The van der Waals surface area contributed by atoms with Gasteiger partial charge in [-0.1, -0.05) is 23.2 Å². The highest BCUT2D eigenvalue weighted by Crippen LogP contribution is 2.35. The first kappa shape index (κ1) is 14.4. The molecule has 1 aromatic carbocycles. The Labute approximate surface area is 128 Å². The molecule has 0 aliphatic rings. The van der Waals surface area contributed by atoms with Crippen LogP contribution in [0.3, 0.4) is 0 Å². The van der Waals surface area contributed by atoms with E-state index in [0.29, 0.717) is 27.4 Å². The van der Waals surface area contributed by atoms with Crippen LogP contribution in [0.5, 0.6) is 11.5 Å². The van der Waals surface area contributed by atoms with Crippen molar-refractivity contribution in [3.63, 3.8) is 0 Å². The number of hydrogen-bond acceptors (Lipinski definition) is 4. The fraction of sp³-hybridized carbons (Fsp3) is 0.167. The summed E-state index contributed by atoms with van der Waals surface area (Å²) in [7, 11) is 3.14. The highest BCUT2D eigenvalue weighted by atomic mass is 79.9. The van der Waals surface area contributed by atoms with Gasteiger partial charge in [-0.15, -0.1) is 0 Å². The second-order valence-corrected chi connectivity index (χ2v) is 5.02. The minimum Gasteiger partial charge on any atom is -0.497 e. The molecule has 0 N–H and O–H groups in total. The highest BCUT2D eigenvalue weighted by Gasteiger charge is 2.15. The van der Waals surface area contributed by atoms with Gasteiger partial charge in [-0.05, 0) is 34.1 Å². The molecule has 0 atom stereocenters. The zero-order valence-corrected chi connectivity index (χ0v) is 13.2. The van der Waals surface area contributed by atoms with Crippen LogP contribution >= 0.6 is 39.1 Å². The maximum absolute atomic E-state index is 5.98. The molecular weight excluding hydrogens is 355 g/mol. The second-order valence-electron chi connectivity index (χ2n) is 3.51. The summed E-state index contributed by atoms with van der Waals surface area (Å²) in [5, 5.41) is 0.472. The SMILES string of the molecule is COc1ccc(OC)c(-c2nc(Cl)c(Br)c(Cl)n2)c1. The van der Waals surface area contributed by atoms with Crippen LogP contribution in [0.15, 0.2) is 22.7 Å². The first-order valence-electron chi connectivity index (χ1n) is 5.17. The Morgan fingerprint density at radius 2 is 1.68 bits per heavy atom. The lowest BCUT2D eigenvalue weighted by Gasteiger charge is -2.10. The molecule has 0 saturated carbocycles.